The summed E-state index contributed by atoms with van der Waals surface area (Å²) >= 11 is 3.18. The van der Waals surface area contributed by atoms with Gasteiger partial charge in [-0.25, -0.2) is 9.37 Å². The first kappa shape index (κ1) is 12.8. The molecule has 1 aromatic carbocycles. The van der Waals surface area contributed by atoms with Crippen molar-refractivity contribution in [2.45, 2.75) is 0 Å². The predicted octanol–water partition coefficient (Wildman–Crippen LogP) is 0.984. The molecule has 0 unspecified atom stereocenters. The summed E-state index contributed by atoms with van der Waals surface area (Å²) in [6.07, 6.45) is 0. The molecule has 1 fully saturated rings. The number of nitrogens with one attached hydrogen (secondary N) is 1. The Bertz CT molecular complexity index is 827. The monoisotopic (exact) mass is 351 g/mol. The van der Waals surface area contributed by atoms with Crippen molar-refractivity contribution < 1.29 is 4.39 Å². The third kappa shape index (κ3) is 2.04. The van der Waals surface area contributed by atoms with Crippen LogP contribution in [0.3, 0.4) is 0 Å². The summed E-state index contributed by atoms with van der Waals surface area (Å²) < 4.78 is 15.7. The van der Waals surface area contributed by atoms with E-state index < -0.39 is 0 Å². The first-order valence-electron chi connectivity index (χ1n) is 6.56. The normalized spacial score (nSPS) is 16.0. The molecule has 1 saturated heterocycles. The third-order valence-electron chi connectivity index (χ3n) is 3.56. The van der Waals surface area contributed by atoms with Gasteiger partial charge in [-0.05, 0) is 32.4 Å². The number of hydrogen-bond acceptors (Lipinski definition) is 6. The molecule has 7 nitrogen and oxygen atoms in total. The highest BCUT2D eigenvalue weighted by molar-refractivity contribution is 9.10. The van der Waals surface area contributed by atoms with Crippen LogP contribution in [0.1, 0.15) is 0 Å². The van der Waals surface area contributed by atoms with Gasteiger partial charge in [-0.3, -0.25) is 0 Å². The van der Waals surface area contributed by atoms with Crippen LogP contribution in [0, 0.1) is 5.82 Å². The third-order valence-corrected chi connectivity index (χ3v) is 4.17. The average Bonchev–Trinajstić information content (AvgIpc) is 2.99. The summed E-state index contributed by atoms with van der Waals surface area (Å²) in [5.41, 5.74) is 1.79. The van der Waals surface area contributed by atoms with Gasteiger partial charge in [0.15, 0.2) is 5.82 Å². The second-order valence-corrected chi connectivity index (χ2v) is 5.70. The van der Waals surface area contributed by atoms with Crippen LogP contribution >= 0.6 is 15.9 Å². The Morgan fingerprint density at radius 3 is 2.86 bits per heavy atom. The number of piperazine rings is 1. The van der Waals surface area contributed by atoms with E-state index in [4.69, 9.17) is 0 Å². The van der Waals surface area contributed by atoms with E-state index >= 15 is 0 Å². The molecule has 1 aliphatic rings. The lowest BCUT2D eigenvalue weighted by Gasteiger charge is -2.28. The van der Waals surface area contributed by atoms with Gasteiger partial charge in [0.1, 0.15) is 5.82 Å². The SMILES string of the molecule is Fc1cc2nc(N3CCNCC3)c3nnnn3c2cc1Br. The number of aromatic nitrogens is 5. The number of tetrazole rings is 1. The minimum atomic E-state index is -0.353. The molecule has 0 spiro atoms. The van der Waals surface area contributed by atoms with Crippen LogP contribution in [0.2, 0.25) is 0 Å². The Balaban J connectivity index is 2.00. The Hall–Kier alpha value is -1.87. The van der Waals surface area contributed by atoms with Crippen molar-refractivity contribution in [1.29, 1.82) is 0 Å². The van der Waals surface area contributed by atoms with Gasteiger partial charge in [-0.2, -0.15) is 4.52 Å². The molecule has 108 valence electrons. The van der Waals surface area contributed by atoms with E-state index in [2.05, 4.69) is 46.7 Å². The minimum Gasteiger partial charge on any atom is -0.351 e. The van der Waals surface area contributed by atoms with Crippen LogP contribution in [-0.2, 0) is 0 Å². The van der Waals surface area contributed by atoms with Gasteiger partial charge < -0.3 is 10.2 Å². The lowest BCUT2D eigenvalue weighted by molar-refractivity contribution is 0.585. The molecule has 9 heteroatoms. The van der Waals surface area contributed by atoms with Crippen molar-refractivity contribution in [3.05, 3.63) is 22.4 Å². The lowest BCUT2D eigenvalue weighted by atomic mass is 10.3. The van der Waals surface area contributed by atoms with E-state index in [0.29, 0.717) is 27.0 Å². The van der Waals surface area contributed by atoms with Gasteiger partial charge in [0.2, 0.25) is 5.65 Å². The standard InChI is InChI=1S/C12H11BrFN7/c13-7-5-10-9(6-8(7)14)16-11(12-17-18-19-21(10)12)20-3-1-15-2-4-20/h5-6,15H,1-4H2. The van der Waals surface area contributed by atoms with E-state index in [0.717, 1.165) is 26.2 Å². The minimum absolute atomic E-state index is 0.353. The predicted molar refractivity (Wildman–Crippen MR) is 78.8 cm³/mol. The van der Waals surface area contributed by atoms with Gasteiger partial charge in [0.25, 0.3) is 0 Å². The summed E-state index contributed by atoms with van der Waals surface area (Å²) in [6.45, 7) is 3.39. The van der Waals surface area contributed by atoms with Gasteiger partial charge in [-0.15, -0.1) is 5.10 Å². The highest BCUT2D eigenvalue weighted by atomic mass is 79.9. The van der Waals surface area contributed by atoms with Crippen molar-refractivity contribution >= 4 is 38.4 Å². The topological polar surface area (TPSA) is 71.2 Å². The highest BCUT2D eigenvalue weighted by Crippen LogP contribution is 2.26. The summed E-state index contributed by atoms with van der Waals surface area (Å²) in [5, 5.41) is 15.1. The van der Waals surface area contributed by atoms with Crippen LogP contribution in [0.5, 0.6) is 0 Å². The Labute approximate surface area is 127 Å². The van der Waals surface area contributed by atoms with Crippen molar-refractivity contribution in [2.75, 3.05) is 31.1 Å². The largest absolute Gasteiger partial charge is 0.351 e. The summed E-state index contributed by atoms with van der Waals surface area (Å²) in [4.78, 5) is 6.69. The van der Waals surface area contributed by atoms with Gasteiger partial charge >= 0.3 is 0 Å². The zero-order valence-electron chi connectivity index (χ0n) is 10.9. The molecule has 0 atom stereocenters. The molecule has 1 aliphatic heterocycles. The van der Waals surface area contributed by atoms with Crippen molar-refractivity contribution in [3.63, 3.8) is 0 Å². The first-order valence-corrected chi connectivity index (χ1v) is 7.36. The Morgan fingerprint density at radius 2 is 2.05 bits per heavy atom. The van der Waals surface area contributed by atoms with Crippen LogP contribution in [0.15, 0.2) is 16.6 Å². The smallest absolute Gasteiger partial charge is 0.222 e. The molecule has 0 bridgehead atoms. The van der Waals surface area contributed by atoms with Crippen molar-refractivity contribution in [3.8, 4) is 0 Å². The van der Waals surface area contributed by atoms with Crippen molar-refractivity contribution in [1.82, 2.24) is 30.3 Å². The number of halogens is 2. The number of rotatable bonds is 1. The van der Waals surface area contributed by atoms with Crippen molar-refractivity contribution in [2.24, 2.45) is 0 Å². The molecule has 21 heavy (non-hydrogen) atoms. The maximum absolute atomic E-state index is 13.8. The number of anilines is 1. The number of benzene rings is 1. The molecule has 3 heterocycles. The van der Waals surface area contributed by atoms with E-state index in [1.165, 1.54) is 6.07 Å². The molecular weight excluding hydrogens is 341 g/mol. The lowest BCUT2D eigenvalue weighted by Crippen LogP contribution is -2.44. The zero-order valence-corrected chi connectivity index (χ0v) is 12.5. The fraction of sp³-hybridized carbons (Fsp3) is 0.333. The summed E-state index contributed by atoms with van der Waals surface area (Å²) in [7, 11) is 0. The molecular formula is C12H11BrFN7. The van der Waals surface area contributed by atoms with Crippen LogP contribution in [0.4, 0.5) is 10.2 Å². The molecule has 3 aromatic rings. The second-order valence-electron chi connectivity index (χ2n) is 4.84. The molecule has 0 radical (unpaired) electrons. The van der Waals surface area contributed by atoms with E-state index in [-0.39, 0.29) is 5.82 Å². The maximum Gasteiger partial charge on any atom is 0.222 e. The van der Waals surface area contributed by atoms with E-state index in [1.54, 1.807) is 10.6 Å². The fourth-order valence-electron chi connectivity index (χ4n) is 2.53. The fourth-order valence-corrected chi connectivity index (χ4v) is 2.86. The molecule has 0 saturated carbocycles. The Morgan fingerprint density at radius 1 is 1.24 bits per heavy atom. The van der Waals surface area contributed by atoms with Crippen LogP contribution < -0.4 is 10.2 Å². The van der Waals surface area contributed by atoms with Gasteiger partial charge in [0.05, 0.1) is 15.5 Å². The second kappa shape index (κ2) is 4.85. The molecule has 1 N–H and O–H groups in total. The summed E-state index contributed by atoms with van der Waals surface area (Å²) in [6, 6.07) is 3.04. The number of nitrogens with zero attached hydrogens (tertiary/aromatic N) is 6. The highest BCUT2D eigenvalue weighted by Gasteiger charge is 2.20. The van der Waals surface area contributed by atoms with E-state index in [1.807, 2.05) is 0 Å². The van der Waals surface area contributed by atoms with E-state index in [9.17, 15) is 4.39 Å². The maximum atomic E-state index is 13.8. The van der Waals surface area contributed by atoms with Crippen LogP contribution in [0.25, 0.3) is 16.7 Å². The molecule has 0 aliphatic carbocycles. The van der Waals surface area contributed by atoms with Gasteiger partial charge in [0, 0.05) is 32.2 Å². The molecule has 2 aromatic heterocycles. The van der Waals surface area contributed by atoms with Gasteiger partial charge in [-0.1, -0.05) is 0 Å². The molecule has 4 rings (SSSR count). The number of hydrogen-bond donors (Lipinski definition) is 1. The number of fused-ring (bicyclic) bond motifs is 3. The molecule has 0 amide bonds. The summed E-state index contributed by atoms with van der Waals surface area (Å²) in [5.74, 6) is 0.337. The zero-order chi connectivity index (χ0) is 14.4. The Kier molecular flexibility index (Phi) is 2.96. The first-order chi connectivity index (χ1) is 10.2. The average molecular weight is 352 g/mol. The van der Waals surface area contributed by atoms with Crippen LogP contribution in [-0.4, -0.2) is 51.2 Å². The quantitative estimate of drug-likeness (QED) is 0.704.